The second-order valence-corrected chi connectivity index (χ2v) is 6.56. The molecule has 0 nitrogen and oxygen atoms in total. The molecule has 0 saturated carbocycles. The third kappa shape index (κ3) is 2.96. The van der Waals surface area contributed by atoms with E-state index >= 15 is 0 Å². The van der Waals surface area contributed by atoms with Crippen LogP contribution in [0, 0.1) is 0 Å². The average Bonchev–Trinajstić information content (AvgIpc) is 2.30. The Balaban J connectivity index is 2.48. The summed E-state index contributed by atoms with van der Waals surface area (Å²) in [4.78, 5) is 0. The third-order valence-corrected chi connectivity index (χ3v) is 3.34. The molecule has 1 heteroatoms. The van der Waals surface area contributed by atoms with Gasteiger partial charge in [0.1, 0.15) is 0 Å². The van der Waals surface area contributed by atoms with Crippen LogP contribution in [0.4, 0.5) is 0 Å². The quantitative estimate of drug-likeness (QED) is 0.696. The lowest BCUT2D eigenvalue weighted by atomic mass is 9.82. The minimum absolute atomic E-state index is 0.142. The van der Waals surface area contributed by atoms with Gasteiger partial charge in [-0.15, -0.1) is 9.24 Å². The maximum atomic E-state index is 2.98. The van der Waals surface area contributed by atoms with E-state index in [9.17, 15) is 0 Å². The molecule has 0 aliphatic rings. The molecule has 0 amide bonds. The van der Waals surface area contributed by atoms with Crippen LogP contribution in [0.3, 0.4) is 0 Å². The lowest BCUT2D eigenvalue weighted by Crippen LogP contribution is -2.23. The Bertz CT molecular complexity index is 414. The fourth-order valence-corrected chi connectivity index (χ4v) is 2.73. The fraction of sp³-hybridized carbons (Fsp3) is 0.250. The lowest BCUT2D eigenvalue weighted by molar-refractivity contribution is 0.617. The summed E-state index contributed by atoms with van der Waals surface area (Å²) in [6.45, 7) is 4.53. The number of hydrogen-bond donors (Lipinski definition) is 0. The molecule has 0 aromatic heterocycles. The predicted molar refractivity (Wildman–Crippen MR) is 78.5 cm³/mol. The van der Waals surface area contributed by atoms with Crippen molar-refractivity contribution in [1.29, 1.82) is 0 Å². The average molecular weight is 242 g/mol. The van der Waals surface area contributed by atoms with Gasteiger partial charge in [0.15, 0.2) is 0 Å². The highest BCUT2D eigenvalue weighted by atomic mass is 31.0. The van der Waals surface area contributed by atoms with Gasteiger partial charge in [0.25, 0.3) is 0 Å². The fourth-order valence-electron chi connectivity index (χ4n) is 2.34. The van der Waals surface area contributed by atoms with Crippen molar-refractivity contribution < 1.29 is 0 Å². The van der Waals surface area contributed by atoms with Crippen LogP contribution < -0.4 is 0 Å². The molecule has 2 aromatic rings. The minimum atomic E-state index is 0.142. The topological polar surface area (TPSA) is 0 Å². The van der Waals surface area contributed by atoms with E-state index in [0.717, 1.165) is 0 Å². The number of hydrogen-bond acceptors (Lipinski definition) is 0. The van der Waals surface area contributed by atoms with Crippen LogP contribution in [0.1, 0.15) is 30.9 Å². The van der Waals surface area contributed by atoms with Crippen molar-refractivity contribution in [2.75, 3.05) is 0 Å². The van der Waals surface area contributed by atoms with Gasteiger partial charge in [0, 0.05) is 5.92 Å². The number of rotatable bonds is 3. The Labute approximate surface area is 106 Å². The molecular formula is C16H19P. The van der Waals surface area contributed by atoms with Crippen molar-refractivity contribution in [2.45, 2.75) is 24.9 Å². The maximum absolute atomic E-state index is 2.98. The van der Waals surface area contributed by atoms with Crippen LogP contribution in [0.5, 0.6) is 0 Å². The Kier molecular flexibility index (Phi) is 3.64. The zero-order valence-electron chi connectivity index (χ0n) is 10.4. The first kappa shape index (κ1) is 12.3. The van der Waals surface area contributed by atoms with E-state index < -0.39 is 0 Å². The molecule has 0 spiro atoms. The predicted octanol–water partition coefficient (Wildman–Crippen LogP) is 4.47. The molecule has 2 rings (SSSR count). The van der Waals surface area contributed by atoms with Crippen molar-refractivity contribution in [3.8, 4) is 0 Å². The van der Waals surface area contributed by atoms with Gasteiger partial charge < -0.3 is 0 Å². The monoisotopic (exact) mass is 242 g/mol. The first-order valence-corrected chi connectivity index (χ1v) is 6.55. The van der Waals surface area contributed by atoms with E-state index in [2.05, 4.69) is 83.8 Å². The summed E-state index contributed by atoms with van der Waals surface area (Å²) in [7, 11) is 2.98. The van der Waals surface area contributed by atoms with Crippen LogP contribution in [0.2, 0.25) is 0 Å². The molecule has 1 unspecified atom stereocenters. The standard InChI is InChI=1S/C16H19P/c1-16(2,17)15(13-9-5-3-6-10-13)14-11-7-4-8-12-14/h3-12,15H,17H2,1-2H3. The smallest absolute Gasteiger partial charge is 0.0175 e. The Morgan fingerprint density at radius 1 is 0.765 bits per heavy atom. The molecule has 0 N–H and O–H groups in total. The van der Waals surface area contributed by atoms with Crippen molar-refractivity contribution in [3.63, 3.8) is 0 Å². The van der Waals surface area contributed by atoms with E-state index in [1.54, 1.807) is 0 Å². The van der Waals surface area contributed by atoms with E-state index in [4.69, 9.17) is 0 Å². The molecule has 0 bridgehead atoms. The van der Waals surface area contributed by atoms with Gasteiger partial charge >= 0.3 is 0 Å². The summed E-state index contributed by atoms with van der Waals surface area (Å²) in [5.41, 5.74) is 2.75. The van der Waals surface area contributed by atoms with Gasteiger partial charge in [-0.25, -0.2) is 0 Å². The Morgan fingerprint density at radius 3 is 1.41 bits per heavy atom. The highest BCUT2D eigenvalue weighted by Gasteiger charge is 2.27. The summed E-state index contributed by atoms with van der Waals surface area (Å²) < 4.78 is 0. The molecule has 2 aromatic carbocycles. The van der Waals surface area contributed by atoms with E-state index in [-0.39, 0.29) is 5.16 Å². The summed E-state index contributed by atoms with van der Waals surface area (Å²) >= 11 is 0. The molecule has 0 aliphatic heterocycles. The summed E-state index contributed by atoms with van der Waals surface area (Å²) in [6, 6.07) is 21.4. The molecule has 17 heavy (non-hydrogen) atoms. The molecule has 0 fully saturated rings. The Morgan fingerprint density at radius 2 is 1.12 bits per heavy atom. The molecule has 0 heterocycles. The molecular weight excluding hydrogens is 223 g/mol. The van der Waals surface area contributed by atoms with Gasteiger partial charge in [-0.1, -0.05) is 74.5 Å². The normalized spacial score (nSPS) is 11.8. The summed E-state index contributed by atoms with van der Waals surface area (Å²) in [6.07, 6.45) is 0. The van der Waals surface area contributed by atoms with Crippen LogP contribution in [-0.2, 0) is 0 Å². The van der Waals surface area contributed by atoms with E-state index in [1.165, 1.54) is 11.1 Å². The van der Waals surface area contributed by atoms with Crippen molar-refractivity contribution >= 4 is 9.24 Å². The molecule has 0 aliphatic carbocycles. The summed E-state index contributed by atoms with van der Waals surface area (Å²) in [5.74, 6) is 0.412. The van der Waals surface area contributed by atoms with Crippen LogP contribution in [0.15, 0.2) is 60.7 Å². The largest absolute Gasteiger partial charge is 0.131 e. The van der Waals surface area contributed by atoms with Crippen LogP contribution in [0.25, 0.3) is 0 Å². The summed E-state index contributed by atoms with van der Waals surface area (Å²) in [5, 5.41) is 0.142. The van der Waals surface area contributed by atoms with Crippen LogP contribution in [-0.4, -0.2) is 5.16 Å². The van der Waals surface area contributed by atoms with Crippen LogP contribution >= 0.6 is 9.24 Å². The highest BCUT2D eigenvalue weighted by Crippen LogP contribution is 2.40. The van der Waals surface area contributed by atoms with Crippen molar-refractivity contribution in [1.82, 2.24) is 0 Å². The van der Waals surface area contributed by atoms with E-state index in [0.29, 0.717) is 5.92 Å². The van der Waals surface area contributed by atoms with E-state index in [1.807, 2.05) is 0 Å². The lowest BCUT2D eigenvalue weighted by Gasteiger charge is -2.31. The van der Waals surface area contributed by atoms with Crippen molar-refractivity contribution in [3.05, 3.63) is 71.8 Å². The molecule has 0 radical (unpaired) electrons. The number of benzene rings is 2. The van der Waals surface area contributed by atoms with Gasteiger partial charge in [0.2, 0.25) is 0 Å². The second kappa shape index (κ2) is 5.02. The molecule has 1 atom stereocenters. The van der Waals surface area contributed by atoms with Gasteiger partial charge in [-0.05, 0) is 16.3 Å². The second-order valence-electron chi connectivity index (χ2n) is 5.08. The third-order valence-electron chi connectivity index (χ3n) is 3.01. The zero-order valence-corrected chi connectivity index (χ0v) is 11.6. The maximum Gasteiger partial charge on any atom is 0.0175 e. The minimum Gasteiger partial charge on any atom is -0.131 e. The molecule has 0 saturated heterocycles. The van der Waals surface area contributed by atoms with Gasteiger partial charge in [0.05, 0.1) is 0 Å². The SMILES string of the molecule is CC(C)(P)C(c1ccccc1)c1ccccc1. The van der Waals surface area contributed by atoms with Gasteiger partial charge in [-0.2, -0.15) is 0 Å². The Hall–Kier alpha value is -1.13. The van der Waals surface area contributed by atoms with Crippen molar-refractivity contribution in [2.24, 2.45) is 0 Å². The molecule has 88 valence electrons. The highest BCUT2D eigenvalue weighted by molar-refractivity contribution is 7.19. The first-order chi connectivity index (χ1) is 8.09. The zero-order chi connectivity index (χ0) is 12.3. The van der Waals surface area contributed by atoms with Gasteiger partial charge in [-0.3, -0.25) is 0 Å². The first-order valence-electron chi connectivity index (χ1n) is 5.98.